The minimum Gasteiger partial charge on any atom is -0.507 e. The van der Waals surface area contributed by atoms with Gasteiger partial charge < -0.3 is 29.0 Å². The molecule has 5 rings (SSSR count). The van der Waals surface area contributed by atoms with Crippen LogP contribution in [-0.2, 0) is 20.9 Å². The van der Waals surface area contributed by atoms with Crippen LogP contribution in [0.1, 0.15) is 22.7 Å². The Bertz CT molecular complexity index is 1340. The minimum atomic E-state index is -0.816. The second-order valence-electron chi connectivity index (χ2n) is 8.69. The molecule has 2 aliphatic heterocycles. The number of rotatable bonds is 8. The molecule has 1 fully saturated rings. The van der Waals surface area contributed by atoms with E-state index in [0.717, 1.165) is 5.56 Å². The van der Waals surface area contributed by atoms with Crippen molar-refractivity contribution < 1.29 is 33.6 Å². The van der Waals surface area contributed by atoms with Gasteiger partial charge in [-0.05, 0) is 41.5 Å². The van der Waals surface area contributed by atoms with E-state index in [0.29, 0.717) is 48.2 Å². The number of carbonyl (C=O) groups is 2. The topological polar surface area (TPSA) is 94.5 Å². The van der Waals surface area contributed by atoms with E-state index in [1.807, 2.05) is 42.5 Å². The Morgan fingerprint density at radius 1 is 0.973 bits per heavy atom. The Kier molecular flexibility index (Phi) is 7.09. The number of nitrogens with zero attached hydrogens (tertiary/aromatic N) is 1. The Morgan fingerprint density at radius 3 is 2.54 bits per heavy atom. The smallest absolute Gasteiger partial charge is 0.295 e. The van der Waals surface area contributed by atoms with Crippen LogP contribution in [0.25, 0.3) is 5.76 Å². The van der Waals surface area contributed by atoms with Crippen molar-refractivity contribution in [2.45, 2.75) is 12.6 Å². The third-order valence-electron chi connectivity index (χ3n) is 6.31. The molecule has 8 nitrogen and oxygen atoms in total. The maximum Gasteiger partial charge on any atom is 0.295 e. The van der Waals surface area contributed by atoms with Gasteiger partial charge in [-0.15, -0.1) is 0 Å². The van der Waals surface area contributed by atoms with Gasteiger partial charge in [0.2, 0.25) is 0 Å². The van der Waals surface area contributed by atoms with Gasteiger partial charge in [0.25, 0.3) is 11.7 Å². The summed E-state index contributed by atoms with van der Waals surface area (Å²) in [6, 6.07) is 21.1. The molecule has 2 aliphatic rings. The fourth-order valence-electron chi connectivity index (χ4n) is 4.51. The van der Waals surface area contributed by atoms with Gasteiger partial charge in [-0.2, -0.15) is 0 Å². The molecule has 190 valence electrons. The second-order valence-corrected chi connectivity index (χ2v) is 8.69. The molecule has 0 radical (unpaired) electrons. The first kappa shape index (κ1) is 24.4. The first-order valence-corrected chi connectivity index (χ1v) is 12.0. The number of aliphatic hydroxyl groups is 1. The molecule has 3 aromatic rings. The minimum absolute atomic E-state index is 0.00186. The zero-order chi connectivity index (χ0) is 25.8. The van der Waals surface area contributed by atoms with Crippen molar-refractivity contribution in [3.63, 3.8) is 0 Å². The molecule has 0 bridgehead atoms. The lowest BCUT2D eigenvalue weighted by atomic mass is 9.95. The predicted octanol–water partition coefficient (Wildman–Crippen LogP) is 4.10. The molecule has 1 amide bonds. The molecule has 1 N–H and O–H groups in total. The Balaban J connectivity index is 1.53. The lowest BCUT2D eigenvalue weighted by Crippen LogP contribution is -2.32. The van der Waals surface area contributed by atoms with Crippen LogP contribution in [0.2, 0.25) is 0 Å². The third kappa shape index (κ3) is 5.01. The van der Waals surface area contributed by atoms with Crippen molar-refractivity contribution in [2.24, 2.45) is 0 Å². The summed E-state index contributed by atoms with van der Waals surface area (Å²) in [6.07, 6.45) is 0. The first-order valence-electron chi connectivity index (χ1n) is 12.0. The molecule has 0 saturated carbocycles. The number of Topliss-reactive ketones (excluding diaryl/α,β-unsaturated/α-hetero) is 1. The number of hydrogen-bond donors (Lipinski definition) is 1. The van der Waals surface area contributed by atoms with Crippen LogP contribution >= 0.6 is 0 Å². The summed E-state index contributed by atoms with van der Waals surface area (Å²) in [5.41, 5.74) is 2.01. The zero-order valence-corrected chi connectivity index (χ0v) is 20.4. The molecule has 8 heteroatoms. The molecule has 1 saturated heterocycles. The van der Waals surface area contributed by atoms with Gasteiger partial charge in [0, 0.05) is 19.2 Å². The third-order valence-corrected chi connectivity index (χ3v) is 6.31. The highest BCUT2D eigenvalue weighted by Crippen LogP contribution is 2.41. The lowest BCUT2D eigenvalue weighted by molar-refractivity contribution is -0.140. The number of benzene rings is 3. The maximum atomic E-state index is 13.2. The first-order chi connectivity index (χ1) is 18.1. The number of ketones is 1. The van der Waals surface area contributed by atoms with Crippen LogP contribution < -0.4 is 14.2 Å². The van der Waals surface area contributed by atoms with E-state index in [1.54, 1.807) is 30.3 Å². The number of amides is 1. The molecule has 0 aliphatic carbocycles. The number of carbonyl (C=O) groups excluding carboxylic acids is 2. The summed E-state index contributed by atoms with van der Waals surface area (Å²) in [4.78, 5) is 27.7. The van der Waals surface area contributed by atoms with E-state index in [9.17, 15) is 14.7 Å². The van der Waals surface area contributed by atoms with E-state index >= 15 is 0 Å². The number of likely N-dealkylation sites (tertiary alicyclic amines) is 1. The molecule has 0 aromatic heterocycles. The van der Waals surface area contributed by atoms with Crippen molar-refractivity contribution in [3.05, 3.63) is 95.1 Å². The number of ether oxygens (including phenoxy) is 4. The molecule has 1 atom stereocenters. The van der Waals surface area contributed by atoms with E-state index in [2.05, 4.69) is 0 Å². The fraction of sp³-hybridized carbons (Fsp3) is 0.241. The van der Waals surface area contributed by atoms with Gasteiger partial charge >= 0.3 is 0 Å². The molecule has 3 aromatic carbocycles. The van der Waals surface area contributed by atoms with Crippen LogP contribution in [0.4, 0.5) is 0 Å². The lowest BCUT2D eigenvalue weighted by Gasteiger charge is -2.25. The van der Waals surface area contributed by atoms with Crippen LogP contribution in [0.5, 0.6) is 17.2 Å². The van der Waals surface area contributed by atoms with Crippen molar-refractivity contribution in [3.8, 4) is 17.2 Å². The van der Waals surface area contributed by atoms with E-state index < -0.39 is 17.7 Å². The summed E-state index contributed by atoms with van der Waals surface area (Å²) in [7, 11) is 1.53. The summed E-state index contributed by atoms with van der Waals surface area (Å²) in [5, 5.41) is 11.3. The summed E-state index contributed by atoms with van der Waals surface area (Å²) < 4.78 is 22.4. The van der Waals surface area contributed by atoms with Gasteiger partial charge in [-0.3, -0.25) is 9.59 Å². The average molecular weight is 502 g/mol. The maximum absolute atomic E-state index is 13.2. The van der Waals surface area contributed by atoms with Gasteiger partial charge in [0.15, 0.2) is 11.5 Å². The Labute approximate surface area is 214 Å². The summed E-state index contributed by atoms with van der Waals surface area (Å²) >= 11 is 0. The van der Waals surface area contributed by atoms with Crippen LogP contribution in [0, 0.1) is 0 Å². The van der Waals surface area contributed by atoms with Crippen molar-refractivity contribution in [1.82, 2.24) is 4.90 Å². The van der Waals surface area contributed by atoms with Gasteiger partial charge in [0.05, 0.1) is 18.2 Å². The fourth-order valence-corrected chi connectivity index (χ4v) is 4.51. The van der Waals surface area contributed by atoms with E-state index in [1.165, 1.54) is 12.0 Å². The van der Waals surface area contributed by atoms with Gasteiger partial charge in [0.1, 0.15) is 31.3 Å². The zero-order valence-electron chi connectivity index (χ0n) is 20.4. The van der Waals surface area contributed by atoms with Gasteiger partial charge in [-0.25, -0.2) is 0 Å². The average Bonchev–Trinajstić information content (AvgIpc) is 3.20. The molecule has 37 heavy (non-hydrogen) atoms. The van der Waals surface area contributed by atoms with Crippen molar-refractivity contribution >= 4 is 17.4 Å². The van der Waals surface area contributed by atoms with E-state index in [4.69, 9.17) is 18.9 Å². The number of methoxy groups -OCH3 is 1. The summed E-state index contributed by atoms with van der Waals surface area (Å²) in [5.74, 6) is -0.130. The quantitative estimate of drug-likeness (QED) is 0.282. The Hall–Kier alpha value is -4.30. The highest BCUT2D eigenvalue weighted by molar-refractivity contribution is 6.46. The Morgan fingerprint density at radius 2 is 1.76 bits per heavy atom. The van der Waals surface area contributed by atoms with Crippen molar-refractivity contribution in [1.29, 1.82) is 0 Å². The molecule has 2 heterocycles. The highest BCUT2D eigenvalue weighted by Gasteiger charge is 2.46. The predicted molar refractivity (Wildman–Crippen MR) is 136 cm³/mol. The van der Waals surface area contributed by atoms with Crippen LogP contribution in [-0.4, -0.2) is 55.2 Å². The van der Waals surface area contributed by atoms with Crippen molar-refractivity contribution in [2.75, 3.05) is 33.5 Å². The van der Waals surface area contributed by atoms with Gasteiger partial charge in [-0.1, -0.05) is 42.5 Å². The van der Waals surface area contributed by atoms with Crippen LogP contribution in [0.3, 0.4) is 0 Å². The number of fused-ring (bicyclic) bond motifs is 1. The highest BCUT2D eigenvalue weighted by atomic mass is 16.6. The largest absolute Gasteiger partial charge is 0.507 e. The molecular formula is C29H27NO7. The SMILES string of the molecule is COCCN1C(=O)C(=O)C(=C(O)c2ccc3c(c2)OCCO3)[C@H]1c1cccc(OCc2ccccc2)c1. The van der Waals surface area contributed by atoms with Crippen LogP contribution in [0.15, 0.2) is 78.4 Å². The normalized spacial score (nSPS) is 18.2. The molecule has 0 spiro atoms. The monoisotopic (exact) mass is 501 g/mol. The van der Waals surface area contributed by atoms with E-state index in [-0.39, 0.29) is 24.5 Å². The second kappa shape index (κ2) is 10.8. The number of aliphatic hydroxyl groups excluding tert-OH is 1. The molecular weight excluding hydrogens is 474 g/mol. The molecule has 0 unspecified atom stereocenters. The number of hydrogen-bond acceptors (Lipinski definition) is 7. The standard InChI is InChI=1S/C29H27NO7/c1-34-13-12-30-26(20-8-5-9-22(16-20)37-18-19-6-3-2-4-7-19)25(28(32)29(30)33)27(31)21-10-11-23-24(17-21)36-15-14-35-23/h2-11,16-17,26,31H,12-15,18H2,1H3/t26-/m1/s1. The summed E-state index contributed by atoms with van der Waals surface area (Å²) in [6.45, 7) is 1.60.